The summed E-state index contributed by atoms with van der Waals surface area (Å²) in [6, 6.07) is -0.0921. The van der Waals surface area contributed by atoms with Crippen molar-refractivity contribution >= 4 is 22.5 Å². The fraction of sp³-hybridized carbons (Fsp3) is 0.571. The average Bonchev–Trinajstić information content (AvgIpc) is 3.30. The normalized spacial score (nSPS) is 19.3. The molecule has 0 spiro atoms. The number of rotatable bonds is 4. The molecule has 2 saturated heterocycles. The fourth-order valence-corrected chi connectivity index (χ4v) is 3.62. The Hall–Kier alpha value is -2.00. The first kappa shape index (κ1) is 14.6. The Morgan fingerprint density at radius 1 is 1.35 bits per heavy atom. The first-order valence-corrected chi connectivity index (χ1v) is 8.57. The van der Waals surface area contributed by atoms with Crippen molar-refractivity contribution in [1.29, 1.82) is 0 Å². The number of amides is 2. The first-order valence-electron chi connectivity index (χ1n) is 7.69. The quantitative estimate of drug-likeness (QED) is 0.911. The lowest BCUT2D eigenvalue weighted by molar-refractivity contribution is 0.0830. The molecule has 0 radical (unpaired) electrons. The van der Waals surface area contributed by atoms with Crippen LogP contribution in [0.15, 0.2) is 9.90 Å². The number of hydrogen-bond donors (Lipinski definition) is 1. The Balaban J connectivity index is 1.43. The van der Waals surface area contributed by atoms with E-state index >= 15 is 0 Å². The van der Waals surface area contributed by atoms with E-state index in [0.29, 0.717) is 36.5 Å². The minimum atomic E-state index is -0.0921. The standard InChI is InChI=1S/C14H17N5O3S/c20-13-15-3-4-19(13)14-16-10(8-23-14)7-11-17-12(18-22-11)9-1-5-21-6-2-9/h8-9H,1-7H2,(H,15,20). The van der Waals surface area contributed by atoms with Crippen molar-refractivity contribution in [1.82, 2.24) is 20.4 Å². The Bertz CT molecular complexity index is 694. The maximum absolute atomic E-state index is 11.7. The molecule has 0 bridgehead atoms. The van der Waals surface area contributed by atoms with Crippen molar-refractivity contribution < 1.29 is 14.1 Å². The van der Waals surface area contributed by atoms with E-state index in [1.54, 1.807) is 4.90 Å². The van der Waals surface area contributed by atoms with E-state index in [4.69, 9.17) is 9.26 Å². The maximum Gasteiger partial charge on any atom is 0.323 e. The topological polar surface area (TPSA) is 93.4 Å². The molecular weight excluding hydrogens is 318 g/mol. The van der Waals surface area contributed by atoms with Gasteiger partial charge in [-0.2, -0.15) is 4.98 Å². The number of thiazole rings is 1. The van der Waals surface area contributed by atoms with E-state index in [9.17, 15) is 4.79 Å². The smallest absolute Gasteiger partial charge is 0.323 e. The second kappa shape index (κ2) is 6.25. The lowest BCUT2D eigenvalue weighted by atomic mass is 10.00. The molecule has 2 aliphatic heterocycles. The molecule has 8 nitrogen and oxygen atoms in total. The third-order valence-corrected chi connectivity index (χ3v) is 4.94. The minimum absolute atomic E-state index is 0.0921. The van der Waals surface area contributed by atoms with Crippen LogP contribution in [0.3, 0.4) is 0 Å². The Morgan fingerprint density at radius 2 is 2.22 bits per heavy atom. The van der Waals surface area contributed by atoms with Gasteiger partial charge in [-0.05, 0) is 12.8 Å². The Morgan fingerprint density at radius 3 is 3.00 bits per heavy atom. The van der Waals surface area contributed by atoms with Gasteiger partial charge >= 0.3 is 6.03 Å². The zero-order chi connectivity index (χ0) is 15.6. The van der Waals surface area contributed by atoms with Crippen molar-refractivity contribution in [2.45, 2.75) is 25.2 Å². The number of carbonyl (C=O) groups excluding carboxylic acids is 1. The Kier molecular flexibility index (Phi) is 3.96. The van der Waals surface area contributed by atoms with Gasteiger partial charge in [0.15, 0.2) is 11.0 Å². The van der Waals surface area contributed by atoms with Crippen molar-refractivity contribution in [3.8, 4) is 0 Å². The van der Waals surface area contributed by atoms with Crippen LogP contribution in [-0.4, -0.2) is 47.5 Å². The van der Waals surface area contributed by atoms with Crippen LogP contribution < -0.4 is 10.2 Å². The van der Waals surface area contributed by atoms with Crippen molar-refractivity contribution in [2.24, 2.45) is 0 Å². The zero-order valence-corrected chi connectivity index (χ0v) is 13.3. The summed E-state index contributed by atoms with van der Waals surface area (Å²) in [7, 11) is 0. The van der Waals surface area contributed by atoms with Crippen LogP contribution in [0.25, 0.3) is 0 Å². The van der Waals surface area contributed by atoms with Crippen LogP contribution in [-0.2, 0) is 11.2 Å². The third-order valence-electron chi connectivity index (χ3n) is 4.03. The SMILES string of the molecule is O=C1NCCN1c1nc(Cc2nc(C3CCOCC3)no2)cs1. The van der Waals surface area contributed by atoms with E-state index in [1.165, 1.54) is 11.3 Å². The highest BCUT2D eigenvalue weighted by atomic mass is 32.1. The summed E-state index contributed by atoms with van der Waals surface area (Å²) in [5, 5.41) is 9.50. The lowest BCUT2D eigenvalue weighted by Gasteiger charge is -2.18. The zero-order valence-electron chi connectivity index (χ0n) is 12.5. The van der Waals surface area contributed by atoms with Gasteiger partial charge in [-0.1, -0.05) is 5.16 Å². The molecule has 0 atom stereocenters. The van der Waals surface area contributed by atoms with Gasteiger partial charge in [0.2, 0.25) is 5.89 Å². The molecule has 0 aliphatic carbocycles. The number of anilines is 1. The highest BCUT2D eigenvalue weighted by Crippen LogP contribution is 2.26. The molecule has 0 aromatic carbocycles. The molecule has 9 heteroatoms. The largest absolute Gasteiger partial charge is 0.381 e. The maximum atomic E-state index is 11.7. The molecule has 0 saturated carbocycles. The monoisotopic (exact) mass is 335 g/mol. The van der Waals surface area contributed by atoms with Crippen LogP contribution in [0, 0.1) is 0 Å². The second-order valence-electron chi connectivity index (χ2n) is 5.61. The van der Waals surface area contributed by atoms with Crippen molar-refractivity contribution in [3.63, 3.8) is 0 Å². The molecule has 4 heterocycles. The summed E-state index contributed by atoms with van der Waals surface area (Å²) in [4.78, 5) is 22.3. The van der Waals surface area contributed by atoms with Gasteiger partial charge in [0.25, 0.3) is 0 Å². The average molecular weight is 335 g/mol. The molecule has 2 amide bonds. The highest BCUT2D eigenvalue weighted by Gasteiger charge is 2.25. The summed E-state index contributed by atoms with van der Waals surface area (Å²) in [5.41, 5.74) is 0.840. The van der Waals surface area contributed by atoms with E-state index in [2.05, 4.69) is 20.4 Å². The van der Waals surface area contributed by atoms with Gasteiger partial charge < -0.3 is 14.6 Å². The first-order chi connectivity index (χ1) is 11.3. The van der Waals surface area contributed by atoms with Crippen LogP contribution in [0.2, 0.25) is 0 Å². The van der Waals surface area contributed by atoms with Gasteiger partial charge in [0.1, 0.15) is 0 Å². The number of nitrogens with one attached hydrogen (secondary N) is 1. The molecule has 1 N–H and O–H groups in total. The molecule has 2 aromatic heterocycles. The fourth-order valence-electron chi connectivity index (χ4n) is 2.77. The van der Waals surface area contributed by atoms with Gasteiger partial charge in [0.05, 0.1) is 12.1 Å². The van der Waals surface area contributed by atoms with Crippen LogP contribution in [0.5, 0.6) is 0 Å². The summed E-state index contributed by atoms with van der Waals surface area (Å²) >= 11 is 1.45. The van der Waals surface area contributed by atoms with E-state index < -0.39 is 0 Å². The number of ether oxygens (including phenoxy) is 1. The molecule has 23 heavy (non-hydrogen) atoms. The van der Waals surface area contributed by atoms with E-state index in [0.717, 1.165) is 37.6 Å². The molecule has 0 unspecified atom stereocenters. The third kappa shape index (κ3) is 3.06. The summed E-state index contributed by atoms with van der Waals surface area (Å²) < 4.78 is 10.7. The molecular formula is C14H17N5O3S. The highest BCUT2D eigenvalue weighted by molar-refractivity contribution is 7.14. The predicted octanol–water partition coefficient (Wildman–Crippen LogP) is 1.54. The van der Waals surface area contributed by atoms with Crippen LogP contribution >= 0.6 is 11.3 Å². The summed E-state index contributed by atoms with van der Waals surface area (Å²) in [6.07, 6.45) is 2.36. The Labute approximate surface area is 136 Å². The van der Waals surface area contributed by atoms with Gasteiger partial charge in [-0.25, -0.2) is 9.78 Å². The molecule has 122 valence electrons. The molecule has 4 rings (SSSR count). The number of nitrogens with zero attached hydrogens (tertiary/aromatic N) is 4. The van der Waals surface area contributed by atoms with Gasteiger partial charge in [-0.3, -0.25) is 4.90 Å². The van der Waals surface area contributed by atoms with E-state index in [1.807, 2.05) is 5.38 Å². The number of aromatic nitrogens is 3. The second-order valence-corrected chi connectivity index (χ2v) is 6.45. The number of urea groups is 1. The van der Waals surface area contributed by atoms with Crippen LogP contribution in [0.1, 0.15) is 36.2 Å². The van der Waals surface area contributed by atoms with Crippen molar-refractivity contribution in [2.75, 3.05) is 31.2 Å². The minimum Gasteiger partial charge on any atom is -0.381 e. The van der Waals surface area contributed by atoms with Crippen LogP contribution in [0.4, 0.5) is 9.93 Å². The number of hydrogen-bond acceptors (Lipinski definition) is 7. The molecule has 2 aromatic rings. The lowest BCUT2D eigenvalue weighted by Crippen LogP contribution is -2.27. The number of carbonyl (C=O) groups is 1. The van der Waals surface area contributed by atoms with Gasteiger partial charge in [-0.15, -0.1) is 11.3 Å². The molecule has 2 fully saturated rings. The van der Waals surface area contributed by atoms with Crippen molar-refractivity contribution in [3.05, 3.63) is 22.8 Å². The van der Waals surface area contributed by atoms with E-state index in [-0.39, 0.29) is 6.03 Å². The molecule has 2 aliphatic rings. The van der Waals surface area contributed by atoms with Gasteiger partial charge in [0, 0.05) is 37.6 Å². The summed E-state index contributed by atoms with van der Waals surface area (Å²) in [5.74, 6) is 1.65. The predicted molar refractivity (Wildman–Crippen MR) is 82.8 cm³/mol. The summed E-state index contributed by atoms with van der Waals surface area (Å²) in [6.45, 7) is 2.82.